The lowest BCUT2D eigenvalue weighted by Gasteiger charge is -2.22. The Morgan fingerprint density at radius 1 is 1.20 bits per heavy atom. The first-order valence-electron chi connectivity index (χ1n) is 6.33. The molecular weight excluding hydrogens is 267 g/mol. The summed E-state index contributed by atoms with van der Waals surface area (Å²) in [6, 6.07) is 1.47. The Hall–Kier alpha value is -1.56. The Balaban J connectivity index is 2.80. The first-order valence-corrected chi connectivity index (χ1v) is 6.33. The highest BCUT2D eigenvalue weighted by atomic mass is 19.4. The number of imidazole rings is 1. The van der Waals surface area contributed by atoms with E-state index >= 15 is 0 Å². The molecule has 0 bridgehead atoms. The molecule has 0 aliphatic rings. The molecule has 3 nitrogen and oxygen atoms in total. The van der Waals surface area contributed by atoms with Crippen LogP contribution in [0.2, 0.25) is 0 Å². The lowest BCUT2D eigenvalue weighted by Crippen LogP contribution is -2.32. The summed E-state index contributed by atoms with van der Waals surface area (Å²) >= 11 is 0. The van der Waals surface area contributed by atoms with Crippen LogP contribution in [0.3, 0.4) is 0 Å². The fourth-order valence-electron chi connectivity index (χ4n) is 2.17. The number of aromatic nitrogens is 2. The average molecular weight is 285 g/mol. The van der Waals surface area contributed by atoms with Crippen molar-refractivity contribution >= 4 is 5.65 Å². The topological polar surface area (TPSA) is 43.3 Å². The van der Waals surface area contributed by atoms with E-state index in [9.17, 15) is 13.2 Å². The van der Waals surface area contributed by atoms with E-state index in [0.29, 0.717) is 11.3 Å². The molecule has 2 heterocycles. The van der Waals surface area contributed by atoms with E-state index in [1.54, 1.807) is 12.3 Å². The Kier molecular flexibility index (Phi) is 3.32. The van der Waals surface area contributed by atoms with E-state index in [1.165, 1.54) is 4.40 Å². The SMILES string of the molecule is Cc1ccc2nc(C(C)(C)C)c(C(N)C(F)(F)F)n2c1. The van der Waals surface area contributed by atoms with Crippen LogP contribution in [-0.4, -0.2) is 15.6 Å². The van der Waals surface area contributed by atoms with Crippen LogP contribution >= 0.6 is 0 Å². The summed E-state index contributed by atoms with van der Waals surface area (Å²) in [7, 11) is 0. The molecule has 0 aromatic carbocycles. The zero-order valence-electron chi connectivity index (χ0n) is 11.9. The first-order chi connectivity index (χ1) is 9.01. The predicted octanol–water partition coefficient (Wildman–Crippen LogP) is 3.50. The quantitative estimate of drug-likeness (QED) is 0.871. The van der Waals surface area contributed by atoms with Crippen LogP contribution in [0.1, 0.15) is 43.8 Å². The number of rotatable bonds is 1. The van der Waals surface area contributed by atoms with Gasteiger partial charge in [0.2, 0.25) is 0 Å². The van der Waals surface area contributed by atoms with Crippen LogP contribution in [0.15, 0.2) is 18.3 Å². The van der Waals surface area contributed by atoms with Gasteiger partial charge in [-0.05, 0) is 18.6 Å². The first kappa shape index (κ1) is 14.8. The van der Waals surface area contributed by atoms with Crippen molar-refractivity contribution in [2.75, 3.05) is 0 Å². The van der Waals surface area contributed by atoms with Crippen LogP contribution in [0, 0.1) is 6.92 Å². The highest BCUT2D eigenvalue weighted by Crippen LogP contribution is 2.36. The number of halogens is 3. The molecule has 6 heteroatoms. The number of nitrogens with two attached hydrogens (primary N) is 1. The molecule has 0 spiro atoms. The van der Waals surface area contributed by atoms with E-state index in [2.05, 4.69) is 4.98 Å². The summed E-state index contributed by atoms with van der Waals surface area (Å²) in [5.74, 6) is 0. The largest absolute Gasteiger partial charge is 0.409 e. The zero-order valence-corrected chi connectivity index (χ0v) is 11.9. The average Bonchev–Trinajstić information content (AvgIpc) is 2.64. The Morgan fingerprint density at radius 3 is 2.30 bits per heavy atom. The normalized spacial score (nSPS) is 14.8. The van der Waals surface area contributed by atoms with Crippen molar-refractivity contribution < 1.29 is 13.2 Å². The standard InChI is InChI=1S/C14H18F3N3/c1-8-5-6-9-19-12(13(2,3)4)10(20(9)7-8)11(18)14(15,16)17/h5-7,11H,18H2,1-4H3. The Bertz CT molecular complexity index is 635. The van der Waals surface area contributed by atoms with Crippen LogP contribution in [0.25, 0.3) is 5.65 Å². The van der Waals surface area contributed by atoms with E-state index < -0.39 is 17.6 Å². The summed E-state index contributed by atoms with van der Waals surface area (Å²) < 4.78 is 40.6. The second-order valence-corrected chi connectivity index (χ2v) is 6.05. The number of aryl methyl sites for hydroxylation is 1. The van der Waals surface area contributed by atoms with Crippen molar-refractivity contribution in [3.05, 3.63) is 35.3 Å². The molecule has 2 rings (SSSR count). The van der Waals surface area contributed by atoms with Crippen LogP contribution < -0.4 is 5.73 Å². The second kappa shape index (κ2) is 4.48. The third kappa shape index (κ3) is 2.52. The summed E-state index contributed by atoms with van der Waals surface area (Å²) in [6.07, 6.45) is -2.86. The molecular formula is C14H18F3N3. The van der Waals surface area contributed by atoms with Gasteiger partial charge in [-0.2, -0.15) is 13.2 Å². The molecule has 2 aromatic heterocycles. The number of hydrogen-bond donors (Lipinski definition) is 1. The van der Waals surface area contributed by atoms with Gasteiger partial charge < -0.3 is 10.1 Å². The molecule has 0 saturated heterocycles. The van der Waals surface area contributed by atoms with Gasteiger partial charge >= 0.3 is 6.18 Å². The van der Waals surface area contributed by atoms with E-state index in [0.717, 1.165) is 5.56 Å². The van der Waals surface area contributed by atoms with Crippen molar-refractivity contribution in [3.8, 4) is 0 Å². The minimum atomic E-state index is -4.50. The van der Waals surface area contributed by atoms with Gasteiger partial charge in [-0.25, -0.2) is 4.98 Å². The number of nitrogens with zero attached hydrogens (tertiary/aromatic N) is 2. The molecule has 110 valence electrons. The van der Waals surface area contributed by atoms with Crippen molar-refractivity contribution in [2.45, 2.75) is 45.3 Å². The van der Waals surface area contributed by atoms with Crippen LogP contribution in [-0.2, 0) is 5.41 Å². The summed E-state index contributed by atoms with van der Waals surface area (Å²) in [5.41, 5.74) is 6.66. The van der Waals surface area contributed by atoms with Gasteiger partial charge in [0.05, 0.1) is 11.4 Å². The summed E-state index contributed by atoms with van der Waals surface area (Å²) in [5, 5.41) is 0. The smallest absolute Gasteiger partial charge is 0.315 e. The maximum Gasteiger partial charge on any atom is 0.409 e. The highest BCUT2D eigenvalue weighted by molar-refractivity contribution is 5.47. The molecule has 2 N–H and O–H groups in total. The Labute approximate surface area is 115 Å². The number of hydrogen-bond acceptors (Lipinski definition) is 2. The molecule has 1 unspecified atom stereocenters. The maximum atomic E-state index is 13.0. The number of fused-ring (bicyclic) bond motifs is 1. The van der Waals surface area contributed by atoms with E-state index in [-0.39, 0.29) is 5.69 Å². The predicted molar refractivity (Wildman–Crippen MR) is 71.6 cm³/mol. The molecule has 0 aliphatic heterocycles. The minimum Gasteiger partial charge on any atom is -0.315 e. The summed E-state index contributed by atoms with van der Waals surface area (Å²) in [6.45, 7) is 7.30. The van der Waals surface area contributed by atoms with Crippen molar-refractivity contribution in [1.29, 1.82) is 0 Å². The maximum absolute atomic E-state index is 13.0. The van der Waals surface area contributed by atoms with Crippen molar-refractivity contribution in [2.24, 2.45) is 5.73 Å². The lowest BCUT2D eigenvalue weighted by molar-refractivity contribution is -0.150. The molecule has 0 fully saturated rings. The van der Waals surface area contributed by atoms with Gasteiger partial charge in [0.1, 0.15) is 11.7 Å². The number of alkyl halides is 3. The van der Waals surface area contributed by atoms with E-state index in [4.69, 9.17) is 5.73 Å². The molecule has 2 aromatic rings. The second-order valence-electron chi connectivity index (χ2n) is 6.05. The molecule has 0 amide bonds. The monoisotopic (exact) mass is 285 g/mol. The fourth-order valence-corrected chi connectivity index (χ4v) is 2.17. The third-order valence-corrected chi connectivity index (χ3v) is 3.16. The fraction of sp³-hybridized carbons (Fsp3) is 0.500. The van der Waals surface area contributed by atoms with Gasteiger partial charge in [0, 0.05) is 11.6 Å². The zero-order chi connectivity index (χ0) is 15.3. The Morgan fingerprint density at radius 2 is 1.80 bits per heavy atom. The molecule has 0 radical (unpaired) electrons. The van der Waals surface area contributed by atoms with Gasteiger partial charge in [-0.15, -0.1) is 0 Å². The van der Waals surface area contributed by atoms with Gasteiger partial charge in [-0.1, -0.05) is 26.8 Å². The van der Waals surface area contributed by atoms with Gasteiger partial charge in [0.15, 0.2) is 0 Å². The van der Waals surface area contributed by atoms with E-state index in [1.807, 2.05) is 33.8 Å². The molecule has 1 atom stereocenters. The van der Waals surface area contributed by atoms with Gasteiger partial charge in [0.25, 0.3) is 0 Å². The minimum absolute atomic E-state index is 0.0173. The third-order valence-electron chi connectivity index (χ3n) is 3.16. The summed E-state index contributed by atoms with van der Waals surface area (Å²) in [4.78, 5) is 4.34. The molecule has 0 aliphatic carbocycles. The van der Waals surface area contributed by atoms with Crippen molar-refractivity contribution in [1.82, 2.24) is 9.38 Å². The van der Waals surface area contributed by atoms with Crippen LogP contribution in [0.4, 0.5) is 13.2 Å². The lowest BCUT2D eigenvalue weighted by atomic mass is 9.89. The molecule has 0 saturated carbocycles. The highest BCUT2D eigenvalue weighted by Gasteiger charge is 2.42. The molecule has 20 heavy (non-hydrogen) atoms. The van der Waals surface area contributed by atoms with Crippen LogP contribution in [0.5, 0.6) is 0 Å². The van der Waals surface area contributed by atoms with Crippen molar-refractivity contribution in [3.63, 3.8) is 0 Å². The van der Waals surface area contributed by atoms with Gasteiger partial charge in [-0.3, -0.25) is 0 Å². The number of pyridine rings is 1.